The first-order chi connectivity index (χ1) is 8.66. The van der Waals surface area contributed by atoms with Crippen LogP contribution in [-0.4, -0.2) is 56.8 Å². The first-order valence-electron chi connectivity index (χ1n) is 5.36. The molecule has 0 aromatic carbocycles. The highest BCUT2D eigenvalue weighted by Crippen LogP contribution is 2.12. The summed E-state index contributed by atoms with van der Waals surface area (Å²) in [6.45, 7) is -0.359. The fraction of sp³-hybridized carbons (Fsp3) is 0.500. The first-order valence-corrected chi connectivity index (χ1v) is 8.87. The molecule has 0 radical (unpaired) electrons. The van der Waals surface area contributed by atoms with E-state index in [0.29, 0.717) is 5.56 Å². The van der Waals surface area contributed by atoms with Gasteiger partial charge in [0.25, 0.3) is 10.0 Å². The lowest BCUT2D eigenvalue weighted by molar-refractivity contribution is 0.281. The molecule has 19 heavy (non-hydrogen) atoms. The van der Waals surface area contributed by atoms with E-state index >= 15 is 0 Å². The number of hydrogen-bond donors (Lipinski definition) is 1. The van der Waals surface area contributed by atoms with Gasteiger partial charge in [-0.1, -0.05) is 6.07 Å². The highest BCUT2D eigenvalue weighted by molar-refractivity contribution is 7.91. The van der Waals surface area contributed by atoms with Gasteiger partial charge in [-0.3, -0.25) is 0 Å². The van der Waals surface area contributed by atoms with E-state index in [4.69, 9.17) is 5.11 Å². The van der Waals surface area contributed by atoms with Crippen molar-refractivity contribution in [2.24, 2.45) is 0 Å². The van der Waals surface area contributed by atoms with Crippen LogP contribution >= 0.6 is 0 Å². The highest BCUT2D eigenvalue weighted by Gasteiger charge is 2.22. The SMILES string of the molecule is CN(CCS(C)(=O)=O)S(=O)(=O)c1ccc(CO)cn1. The summed E-state index contributed by atoms with van der Waals surface area (Å²) in [7, 11) is -5.75. The van der Waals surface area contributed by atoms with Gasteiger partial charge < -0.3 is 5.11 Å². The van der Waals surface area contributed by atoms with Crippen LogP contribution in [0.25, 0.3) is 0 Å². The van der Waals surface area contributed by atoms with Gasteiger partial charge in [-0.2, -0.15) is 4.31 Å². The Labute approximate surface area is 112 Å². The first kappa shape index (κ1) is 16.0. The molecule has 7 nitrogen and oxygen atoms in total. The molecule has 0 aliphatic heterocycles. The minimum atomic E-state index is -3.81. The number of pyridine rings is 1. The second-order valence-corrected chi connectivity index (χ2v) is 8.37. The lowest BCUT2D eigenvalue weighted by Crippen LogP contribution is -2.32. The molecule has 1 heterocycles. The second kappa shape index (κ2) is 5.95. The van der Waals surface area contributed by atoms with Gasteiger partial charge in [-0.05, 0) is 11.6 Å². The van der Waals surface area contributed by atoms with E-state index in [1.165, 1.54) is 25.4 Å². The van der Waals surface area contributed by atoms with Gasteiger partial charge in [0.1, 0.15) is 9.84 Å². The maximum Gasteiger partial charge on any atom is 0.260 e. The Morgan fingerprint density at radius 1 is 1.26 bits per heavy atom. The Bertz CT molecular complexity index is 622. The predicted molar refractivity (Wildman–Crippen MR) is 69.7 cm³/mol. The lowest BCUT2D eigenvalue weighted by atomic mass is 10.3. The number of aromatic nitrogens is 1. The zero-order valence-corrected chi connectivity index (χ0v) is 12.3. The van der Waals surface area contributed by atoms with Crippen LogP contribution in [0.4, 0.5) is 0 Å². The fourth-order valence-corrected chi connectivity index (χ4v) is 3.03. The molecule has 0 aliphatic rings. The van der Waals surface area contributed by atoms with Gasteiger partial charge in [0.05, 0.1) is 12.4 Å². The molecule has 0 saturated heterocycles. The summed E-state index contributed by atoms with van der Waals surface area (Å²) in [5, 5.41) is 8.67. The van der Waals surface area contributed by atoms with Gasteiger partial charge >= 0.3 is 0 Å². The number of rotatable bonds is 6. The maximum atomic E-state index is 12.1. The molecule has 0 bridgehead atoms. The quantitative estimate of drug-likeness (QED) is 0.740. The van der Waals surface area contributed by atoms with E-state index in [2.05, 4.69) is 4.98 Å². The van der Waals surface area contributed by atoms with Crippen LogP contribution in [0.15, 0.2) is 23.4 Å². The van der Waals surface area contributed by atoms with Crippen LogP contribution in [-0.2, 0) is 26.5 Å². The van der Waals surface area contributed by atoms with E-state index in [9.17, 15) is 16.8 Å². The van der Waals surface area contributed by atoms with Crippen LogP contribution in [0.5, 0.6) is 0 Å². The number of sulfonamides is 1. The molecule has 1 N–H and O–H groups in total. The zero-order chi connectivity index (χ0) is 14.7. The van der Waals surface area contributed by atoms with Crippen molar-refractivity contribution in [2.75, 3.05) is 25.6 Å². The van der Waals surface area contributed by atoms with Crippen LogP contribution in [0, 0.1) is 0 Å². The van der Waals surface area contributed by atoms with Gasteiger partial charge in [-0.25, -0.2) is 21.8 Å². The topological polar surface area (TPSA) is 105 Å². The smallest absolute Gasteiger partial charge is 0.260 e. The Kier molecular flexibility index (Phi) is 5.02. The van der Waals surface area contributed by atoms with Crippen LogP contribution in [0.2, 0.25) is 0 Å². The third-order valence-electron chi connectivity index (χ3n) is 2.43. The van der Waals surface area contributed by atoms with Crippen molar-refractivity contribution in [3.63, 3.8) is 0 Å². The number of hydrogen-bond acceptors (Lipinski definition) is 6. The van der Waals surface area contributed by atoms with Crippen LogP contribution < -0.4 is 0 Å². The fourth-order valence-electron chi connectivity index (χ4n) is 1.23. The molecule has 1 rings (SSSR count). The summed E-state index contributed by atoms with van der Waals surface area (Å²) in [6, 6.07) is 2.72. The second-order valence-electron chi connectivity index (χ2n) is 4.12. The van der Waals surface area contributed by atoms with Gasteiger partial charge in [0, 0.05) is 26.0 Å². The largest absolute Gasteiger partial charge is 0.392 e. The molecule has 0 aliphatic carbocycles. The standard InChI is InChI=1S/C10H16N2O5S2/c1-12(5-6-18(2,14)15)19(16,17)10-4-3-9(8-13)7-11-10/h3-4,7,13H,5-6,8H2,1-2H3. The Hall–Kier alpha value is -1.03. The third-order valence-corrected chi connectivity index (χ3v) is 5.13. The average molecular weight is 308 g/mol. The minimum Gasteiger partial charge on any atom is -0.392 e. The van der Waals surface area contributed by atoms with Gasteiger partial charge in [-0.15, -0.1) is 0 Å². The molecule has 1 aromatic rings. The molecule has 0 fully saturated rings. The van der Waals surface area contributed by atoms with E-state index in [-0.39, 0.29) is 23.9 Å². The molecule has 0 saturated carbocycles. The molecule has 108 valence electrons. The molecular weight excluding hydrogens is 292 g/mol. The van der Waals surface area contributed by atoms with E-state index in [1.807, 2.05) is 0 Å². The molecule has 9 heteroatoms. The number of sulfone groups is 1. The van der Waals surface area contributed by atoms with Crippen molar-refractivity contribution in [3.05, 3.63) is 23.9 Å². The summed E-state index contributed by atoms with van der Waals surface area (Å²) in [6.07, 6.45) is 2.30. The Balaban J connectivity index is 2.90. The predicted octanol–water partition coefficient (Wildman–Crippen LogP) is -0.761. The summed E-state index contributed by atoms with van der Waals surface area (Å²) < 4.78 is 47.1. The summed E-state index contributed by atoms with van der Waals surface area (Å²) in [5.74, 6) is -0.253. The third kappa shape index (κ3) is 4.53. The van der Waals surface area contributed by atoms with Crippen molar-refractivity contribution in [2.45, 2.75) is 11.6 Å². The van der Waals surface area contributed by atoms with Crippen molar-refractivity contribution in [1.29, 1.82) is 0 Å². The Morgan fingerprint density at radius 3 is 2.32 bits per heavy atom. The maximum absolute atomic E-state index is 12.1. The average Bonchev–Trinajstić information content (AvgIpc) is 2.35. The number of nitrogens with zero attached hydrogens (tertiary/aromatic N) is 2. The summed E-state index contributed by atoms with van der Waals surface area (Å²) in [5.41, 5.74) is 0.498. The summed E-state index contributed by atoms with van der Waals surface area (Å²) >= 11 is 0. The Morgan fingerprint density at radius 2 is 1.89 bits per heavy atom. The van der Waals surface area contributed by atoms with Crippen LogP contribution in [0.3, 0.4) is 0 Å². The number of aliphatic hydroxyl groups excluding tert-OH is 1. The van der Waals surface area contributed by atoms with Gasteiger partial charge in [0.15, 0.2) is 5.03 Å². The van der Waals surface area contributed by atoms with Crippen LogP contribution in [0.1, 0.15) is 5.56 Å². The van der Waals surface area contributed by atoms with Crippen molar-refractivity contribution in [1.82, 2.24) is 9.29 Å². The van der Waals surface area contributed by atoms with E-state index in [0.717, 1.165) is 10.6 Å². The molecule has 0 amide bonds. The number of aliphatic hydroxyl groups is 1. The zero-order valence-electron chi connectivity index (χ0n) is 10.6. The highest BCUT2D eigenvalue weighted by atomic mass is 32.2. The monoisotopic (exact) mass is 308 g/mol. The van der Waals surface area contributed by atoms with Crippen molar-refractivity contribution >= 4 is 19.9 Å². The normalized spacial score (nSPS) is 12.8. The van der Waals surface area contributed by atoms with Crippen molar-refractivity contribution < 1.29 is 21.9 Å². The molecule has 1 aromatic heterocycles. The van der Waals surface area contributed by atoms with Crippen molar-refractivity contribution in [3.8, 4) is 0 Å². The molecule has 0 spiro atoms. The molecule has 0 unspecified atom stereocenters. The van der Waals surface area contributed by atoms with E-state index < -0.39 is 19.9 Å². The minimum absolute atomic E-state index is 0.134. The van der Waals surface area contributed by atoms with Gasteiger partial charge in [0.2, 0.25) is 0 Å². The lowest BCUT2D eigenvalue weighted by Gasteiger charge is -2.15. The summed E-state index contributed by atoms with van der Waals surface area (Å²) in [4.78, 5) is 3.75. The molecular formula is C10H16N2O5S2. The molecule has 0 atom stereocenters. The van der Waals surface area contributed by atoms with E-state index in [1.54, 1.807) is 0 Å².